The van der Waals surface area contributed by atoms with Crippen LogP contribution in [-0.2, 0) is 4.79 Å². The van der Waals surface area contributed by atoms with Crippen molar-refractivity contribution in [1.82, 2.24) is 5.32 Å². The third-order valence-electron chi connectivity index (χ3n) is 11.0. The predicted octanol–water partition coefficient (Wildman–Crippen LogP) is 13.9. The molecule has 54 heavy (non-hydrogen) atoms. The van der Waals surface area contributed by atoms with E-state index in [1.165, 1.54) is 180 Å². The van der Waals surface area contributed by atoms with Crippen molar-refractivity contribution in [3.8, 4) is 0 Å². The molecule has 0 aromatic carbocycles. The molecule has 1 amide bonds. The quantitative estimate of drug-likeness (QED) is 0.0368. The van der Waals surface area contributed by atoms with Gasteiger partial charge in [0.2, 0.25) is 5.91 Å². The molecule has 3 atom stereocenters. The van der Waals surface area contributed by atoms with Gasteiger partial charge in [-0.2, -0.15) is 0 Å². The van der Waals surface area contributed by atoms with Crippen LogP contribution in [0.4, 0.5) is 0 Å². The normalized spacial score (nSPS) is 13.8. The molecular weight excluding hydrogens is 667 g/mol. The van der Waals surface area contributed by atoms with E-state index in [9.17, 15) is 20.1 Å². The summed E-state index contributed by atoms with van der Waals surface area (Å²) < 4.78 is 0. The first kappa shape index (κ1) is 52.6. The first-order valence-corrected chi connectivity index (χ1v) is 23.8. The maximum Gasteiger partial charge on any atom is 0.249 e. The third kappa shape index (κ3) is 38.8. The average molecular weight is 760 g/mol. The van der Waals surface area contributed by atoms with Gasteiger partial charge in [-0.05, 0) is 44.9 Å². The first-order valence-electron chi connectivity index (χ1n) is 23.8. The summed E-state index contributed by atoms with van der Waals surface area (Å²) in [5, 5.41) is 33.2. The van der Waals surface area contributed by atoms with E-state index in [2.05, 4.69) is 43.5 Å². The minimum absolute atomic E-state index is 0.379. The predicted molar refractivity (Wildman–Crippen MR) is 236 cm³/mol. The fourth-order valence-electron chi connectivity index (χ4n) is 7.22. The van der Waals surface area contributed by atoms with Crippen LogP contribution in [0.25, 0.3) is 0 Å². The highest BCUT2D eigenvalue weighted by Gasteiger charge is 2.22. The molecule has 318 valence electrons. The second kappa shape index (κ2) is 44.3. The van der Waals surface area contributed by atoms with Crippen molar-refractivity contribution < 1.29 is 20.1 Å². The number of rotatable bonds is 43. The summed E-state index contributed by atoms with van der Waals surface area (Å²) in [7, 11) is 0. The van der Waals surface area contributed by atoms with E-state index < -0.39 is 24.2 Å². The Kier molecular flexibility index (Phi) is 43.1. The molecule has 0 radical (unpaired) electrons. The molecule has 0 spiro atoms. The molecule has 5 nitrogen and oxygen atoms in total. The van der Waals surface area contributed by atoms with Crippen molar-refractivity contribution in [3.05, 3.63) is 36.5 Å². The third-order valence-corrected chi connectivity index (χ3v) is 11.0. The lowest BCUT2D eigenvalue weighted by Crippen LogP contribution is -2.48. The minimum atomic E-state index is -1.11. The molecule has 4 N–H and O–H groups in total. The topological polar surface area (TPSA) is 89.8 Å². The van der Waals surface area contributed by atoms with Crippen LogP contribution in [0.5, 0.6) is 0 Å². The summed E-state index contributed by atoms with van der Waals surface area (Å²) in [4.78, 5) is 12.5. The molecular formula is C49H93NO4. The Morgan fingerprint density at radius 3 is 1.13 bits per heavy atom. The number of carbonyl (C=O) groups is 1. The second-order valence-corrected chi connectivity index (χ2v) is 16.3. The zero-order valence-electron chi connectivity index (χ0n) is 36.1. The number of hydrogen-bond donors (Lipinski definition) is 4. The van der Waals surface area contributed by atoms with E-state index in [0.29, 0.717) is 6.42 Å². The standard InChI is InChI=1S/C49H93NO4/c1-3-5-7-9-11-13-15-17-19-21-23-24-25-26-28-29-31-33-35-37-39-41-43-47(52)46(45-51)50-49(54)48(53)44-42-40-38-36-34-32-30-27-22-20-18-16-14-12-10-8-6-4-2/h26,28,33,35,41,43,46-48,51-53H,3-25,27,29-32,34,36-40,42,44-45H2,1-2H3,(H,50,54)/b28-26+,35-33+,43-41+. The Morgan fingerprint density at radius 2 is 0.759 bits per heavy atom. The molecule has 0 fully saturated rings. The maximum atomic E-state index is 12.5. The van der Waals surface area contributed by atoms with Gasteiger partial charge in [0.1, 0.15) is 6.10 Å². The number of carbonyl (C=O) groups excluding carboxylic acids is 1. The van der Waals surface area contributed by atoms with E-state index in [1.807, 2.05) is 6.08 Å². The van der Waals surface area contributed by atoms with Crippen LogP contribution in [0.15, 0.2) is 36.5 Å². The van der Waals surface area contributed by atoms with Crippen LogP contribution < -0.4 is 5.32 Å². The molecule has 0 aromatic rings. The molecule has 0 heterocycles. The Morgan fingerprint density at radius 1 is 0.444 bits per heavy atom. The summed E-state index contributed by atoms with van der Waals surface area (Å²) in [5.41, 5.74) is 0. The zero-order valence-corrected chi connectivity index (χ0v) is 36.1. The monoisotopic (exact) mass is 760 g/mol. The van der Waals surface area contributed by atoms with Gasteiger partial charge in [0.25, 0.3) is 0 Å². The van der Waals surface area contributed by atoms with Gasteiger partial charge in [-0.3, -0.25) is 4.79 Å². The van der Waals surface area contributed by atoms with Gasteiger partial charge < -0.3 is 20.6 Å². The van der Waals surface area contributed by atoms with E-state index >= 15 is 0 Å². The number of nitrogens with one attached hydrogen (secondary N) is 1. The Labute approximate surface area is 336 Å². The summed E-state index contributed by atoms with van der Waals surface area (Å²) in [6.07, 6.45) is 56.2. The van der Waals surface area contributed by atoms with Crippen LogP contribution in [0.2, 0.25) is 0 Å². The van der Waals surface area contributed by atoms with Crippen molar-refractivity contribution >= 4 is 5.91 Å². The second-order valence-electron chi connectivity index (χ2n) is 16.3. The molecule has 0 aliphatic rings. The van der Waals surface area contributed by atoms with Gasteiger partial charge in [-0.25, -0.2) is 0 Å². The molecule has 3 unspecified atom stereocenters. The first-order chi connectivity index (χ1) is 26.6. The number of unbranched alkanes of at least 4 members (excludes halogenated alkanes) is 31. The molecule has 0 aromatic heterocycles. The smallest absolute Gasteiger partial charge is 0.249 e. The van der Waals surface area contributed by atoms with Crippen molar-refractivity contribution in [2.24, 2.45) is 0 Å². The number of aliphatic hydroxyl groups excluding tert-OH is 3. The summed E-state index contributed by atoms with van der Waals surface area (Å²) in [6, 6.07) is -0.819. The molecule has 0 bridgehead atoms. The average Bonchev–Trinajstić information content (AvgIpc) is 3.18. The summed E-state index contributed by atoms with van der Waals surface area (Å²) in [6.45, 7) is 4.18. The van der Waals surface area contributed by atoms with Gasteiger partial charge >= 0.3 is 0 Å². The van der Waals surface area contributed by atoms with Crippen LogP contribution in [0, 0.1) is 0 Å². The molecule has 0 aliphatic carbocycles. The van der Waals surface area contributed by atoms with Crippen LogP contribution in [-0.4, -0.2) is 46.1 Å². The highest BCUT2D eigenvalue weighted by Crippen LogP contribution is 2.16. The minimum Gasteiger partial charge on any atom is -0.394 e. The van der Waals surface area contributed by atoms with Gasteiger partial charge in [0.15, 0.2) is 0 Å². The van der Waals surface area contributed by atoms with E-state index in [0.717, 1.165) is 44.9 Å². The Bertz CT molecular complexity index is 840. The number of hydrogen-bond acceptors (Lipinski definition) is 4. The molecule has 0 saturated heterocycles. The van der Waals surface area contributed by atoms with Crippen molar-refractivity contribution in [2.45, 2.75) is 263 Å². The molecule has 0 aliphatic heterocycles. The van der Waals surface area contributed by atoms with Gasteiger partial charge in [-0.1, -0.05) is 237 Å². The molecule has 0 saturated carbocycles. The number of allylic oxidation sites excluding steroid dienone is 5. The van der Waals surface area contributed by atoms with Gasteiger partial charge in [-0.15, -0.1) is 0 Å². The van der Waals surface area contributed by atoms with Gasteiger partial charge in [0.05, 0.1) is 18.8 Å². The Balaban J connectivity index is 3.70. The summed E-state index contributed by atoms with van der Waals surface area (Å²) >= 11 is 0. The molecule has 5 heteroatoms. The fourth-order valence-corrected chi connectivity index (χ4v) is 7.22. The van der Waals surface area contributed by atoms with Crippen LogP contribution in [0.1, 0.15) is 245 Å². The highest BCUT2D eigenvalue weighted by atomic mass is 16.3. The maximum absolute atomic E-state index is 12.5. The van der Waals surface area contributed by atoms with Crippen LogP contribution >= 0.6 is 0 Å². The SMILES string of the molecule is CCCCCCCCCCCCCC/C=C/CC/C=C/CC/C=C/C(O)C(CO)NC(=O)C(O)CCCCCCCCCCCCCCCCCCCC. The number of aliphatic hydroxyl groups is 3. The Hall–Kier alpha value is -1.43. The fraction of sp³-hybridized carbons (Fsp3) is 0.857. The summed E-state index contributed by atoms with van der Waals surface area (Å²) in [5.74, 6) is -0.514. The lowest BCUT2D eigenvalue weighted by molar-refractivity contribution is -0.131. The van der Waals surface area contributed by atoms with Crippen molar-refractivity contribution in [3.63, 3.8) is 0 Å². The zero-order chi connectivity index (χ0) is 39.4. The number of amides is 1. The van der Waals surface area contributed by atoms with Crippen molar-refractivity contribution in [2.75, 3.05) is 6.61 Å². The largest absolute Gasteiger partial charge is 0.394 e. The molecule has 0 rings (SSSR count). The highest BCUT2D eigenvalue weighted by molar-refractivity contribution is 5.80. The van der Waals surface area contributed by atoms with E-state index in [4.69, 9.17) is 0 Å². The van der Waals surface area contributed by atoms with E-state index in [-0.39, 0.29) is 6.61 Å². The lowest BCUT2D eigenvalue weighted by Gasteiger charge is -2.21. The van der Waals surface area contributed by atoms with Gasteiger partial charge in [0, 0.05) is 0 Å². The van der Waals surface area contributed by atoms with Crippen molar-refractivity contribution in [1.29, 1.82) is 0 Å². The van der Waals surface area contributed by atoms with Crippen LogP contribution in [0.3, 0.4) is 0 Å². The lowest BCUT2D eigenvalue weighted by atomic mass is 10.0. The van der Waals surface area contributed by atoms with E-state index in [1.54, 1.807) is 6.08 Å².